The van der Waals surface area contributed by atoms with Crippen molar-refractivity contribution in [2.45, 2.75) is 63.2 Å². The molecule has 146 valence electrons. The number of nitrogens with one attached hydrogen (secondary N) is 1. The highest BCUT2D eigenvalue weighted by atomic mass is 16.5. The van der Waals surface area contributed by atoms with Gasteiger partial charge in [0.25, 0.3) is 0 Å². The number of benzene rings is 1. The SMILES string of the molecule is c1cc(NCCCCCc2nc(C3CC3)no2)cc(-c2cc(C3CC3)on2)c1. The van der Waals surface area contributed by atoms with Crippen LogP contribution in [-0.2, 0) is 6.42 Å². The van der Waals surface area contributed by atoms with Crippen LogP contribution >= 0.6 is 0 Å². The first-order valence-corrected chi connectivity index (χ1v) is 10.5. The molecule has 2 aromatic heterocycles. The van der Waals surface area contributed by atoms with Crippen molar-refractivity contribution in [1.29, 1.82) is 0 Å². The molecule has 2 aliphatic carbocycles. The van der Waals surface area contributed by atoms with E-state index in [1.54, 1.807) is 0 Å². The van der Waals surface area contributed by atoms with Gasteiger partial charge in [-0.15, -0.1) is 0 Å². The minimum atomic E-state index is 0.565. The smallest absolute Gasteiger partial charge is 0.226 e. The fourth-order valence-electron chi connectivity index (χ4n) is 3.46. The van der Waals surface area contributed by atoms with Gasteiger partial charge >= 0.3 is 0 Å². The molecule has 2 aliphatic rings. The predicted octanol–water partition coefficient (Wildman–Crippen LogP) is 5.30. The third-order valence-corrected chi connectivity index (χ3v) is 5.49. The van der Waals surface area contributed by atoms with Crippen molar-refractivity contribution in [1.82, 2.24) is 15.3 Å². The van der Waals surface area contributed by atoms with Crippen molar-refractivity contribution in [3.8, 4) is 11.3 Å². The number of rotatable bonds is 10. The lowest BCUT2D eigenvalue weighted by Gasteiger charge is -2.07. The molecule has 2 fully saturated rings. The molecule has 1 aromatic carbocycles. The molecule has 2 heterocycles. The average Bonchev–Trinajstić information content (AvgIpc) is 3.66. The van der Waals surface area contributed by atoms with Crippen LogP contribution in [0.2, 0.25) is 0 Å². The van der Waals surface area contributed by atoms with Gasteiger partial charge in [0.05, 0.1) is 0 Å². The van der Waals surface area contributed by atoms with Gasteiger partial charge in [-0.2, -0.15) is 4.98 Å². The highest BCUT2D eigenvalue weighted by molar-refractivity contribution is 5.65. The maximum atomic E-state index is 5.48. The van der Waals surface area contributed by atoms with E-state index in [1.807, 2.05) is 0 Å². The first-order valence-electron chi connectivity index (χ1n) is 10.5. The largest absolute Gasteiger partial charge is 0.385 e. The predicted molar refractivity (Wildman–Crippen MR) is 106 cm³/mol. The van der Waals surface area contributed by atoms with E-state index in [1.165, 1.54) is 25.7 Å². The van der Waals surface area contributed by atoms with Crippen LogP contribution in [0.15, 0.2) is 39.4 Å². The molecular formula is C22H26N4O2. The van der Waals surface area contributed by atoms with Crippen LogP contribution in [-0.4, -0.2) is 21.8 Å². The van der Waals surface area contributed by atoms with Gasteiger partial charge in [-0.3, -0.25) is 0 Å². The maximum Gasteiger partial charge on any atom is 0.226 e. The molecule has 6 heteroatoms. The van der Waals surface area contributed by atoms with Crippen LogP contribution in [0.1, 0.15) is 74.3 Å². The number of hydrogen-bond donors (Lipinski definition) is 1. The van der Waals surface area contributed by atoms with Gasteiger partial charge in [0, 0.05) is 42.1 Å². The second-order valence-corrected chi connectivity index (χ2v) is 8.03. The molecular weight excluding hydrogens is 352 g/mol. The van der Waals surface area contributed by atoms with Crippen LogP contribution in [0.4, 0.5) is 5.69 Å². The van der Waals surface area contributed by atoms with Crippen molar-refractivity contribution < 1.29 is 9.05 Å². The zero-order chi connectivity index (χ0) is 18.8. The van der Waals surface area contributed by atoms with Crippen LogP contribution in [0.25, 0.3) is 11.3 Å². The molecule has 0 unspecified atom stereocenters. The summed E-state index contributed by atoms with van der Waals surface area (Å²) in [5.41, 5.74) is 3.15. The van der Waals surface area contributed by atoms with Crippen molar-refractivity contribution in [2.75, 3.05) is 11.9 Å². The molecule has 0 spiro atoms. The second kappa shape index (κ2) is 7.78. The van der Waals surface area contributed by atoms with Crippen molar-refractivity contribution in [3.05, 3.63) is 47.8 Å². The molecule has 0 aliphatic heterocycles. The van der Waals surface area contributed by atoms with Gasteiger partial charge in [0.1, 0.15) is 11.5 Å². The zero-order valence-electron chi connectivity index (χ0n) is 16.1. The Morgan fingerprint density at radius 3 is 2.68 bits per heavy atom. The summed E-state index contributed by atoms with van der Waals surface area (Å²) in [5.74, 6) is 3.89. The third kappa shape index (κ3) is 4.26. The van der Waals surface area contributed by atoms with E-state index in [0.29, 0.717) is 11.8 Å². The second-order valence-electron chi connectivity index (χ2n) is 8.03. The van der Waals surface area contributed by atoms with Gasteiger partial charge in [0.2, 0.25) is 5.89 Å². The van der Waals surface area contributed by atoms with Crippen LogP contribution in [0.5, 0.6) is 0 Å². The van der Waals surface area contributed by atoms with E-state index in [9.17, 15) is 0 Å². The van der Waals surface area contributed by atoms with E-state index in [2.05, 4.69) is 50.9 Å². The molecule has 0 radical (unpaired) electrons. The van der Waals surface area contributed by atoms with Gasteiger partial charge in [0.15, 0.2) is 5.82 Å². The molecule has 2 saturated carbocycles. The van der Waals surface area contributed by atoms with Crippen LogP contribution in [0, 0.1) is 0 Å². The molecule has 0 atom stereocenters. The minimum absolute atomic E-state index is 0.565. The number of hydrogen-bond acceptors (Lipinski definition) is 6. The molecule has 6 nitrogen and oxygen atoms in total. The first kappa shape index (κ1) is 17.5. The Balaban J connectivity index is 1.05. The standard InChI is InChI=1S/C22H26N4O2/c1(2-7-21-24-22(26-28-21)16-10-11-16)3-12-23-18-6-4-5-17(13-18)19-14-20(27-25-19)15-8-9-15/h4-6,13-16,23H,1-3,7-12H2. The third-order valence-electron chi connectivity index (χ3n) is 5.49. The van der Waals surface area contributed by atoms with Gasteiger partial charge in [-0.05, 0) is 50.7 Å². The summed E-state index contributed by atoms with van der Waals surface area (Å²) in [6, 6.07) is 10.5. The number of aromatic nitrogens is 3. The van der Waals surface area contributed by atoms with Crippen molar-refractivity contribution in [3.63, 3.8) is 0 Å². The Morgan fingerprint density at radius 2 is 1.82 bits per heavy atom. The molecule has 3 aromatic rings. The Labute approximate surface area is 164 Å². The quantitative estimate of drug-likeness (QED) is 0.482. The molecule has 1 N–H and O–H groups in total. The average molecular weight is 378 g/mol. The van der Waals surface area contributed by atoms with E-state index in [-0.39, 0.29) is 0 Å². The summed E-state index contributed by atoms with van der Waals surface area (Å²) in [6.45, 7) is 0.951. The van der Waals surface area contributed by atoms with Gasteiger partial charge in [-0.25, -0.2) is 0 Å². The van der Waals surface area contributed by atoms with E-state index >= 15 is 0 Å². The highest BCUT2D eigenvalue weighted by Crippen LogP contribution is 2.41. The normalized spacial score (nSPS) is 16.4. The fourth-order valence-corrected chi connectivity index (χ4v) is 3.46. The molecule has 0 bridgehead atoms. The topological polar surface area (TPSA) is 77.0 Å². The first-order chi connectivity index (χ1) is 13.8. The lowest BCUT2D eigenvalue weighted by atomic mass is 10.1. The molecule has 5 rings (SSSR count). The summed E-state index contributed by atoms with van der Waals surface area (Å²) in [6.07, 6.45) is 9.09. The van der Waals surface area contributed by atoms with Crippen LogP contribution in [0.3, 0.4) is 0 Å². The summed E-state index contributed by atoms with van der Waals surface area (Å²) >= 11 is 0. The van der Waals surface area contributed by atoms with Gasteiger partial charge < -0.3 is 14.4 Å². The fraction of sp³-hybridized carbons (Fsp3) is 0.500. The Hall–Kier alpha value is -2.63. The van der Waals surface area contributed by atoms with E-state index < -0.39 is 0 Å². The van der Waals surface area contributed by atoms with Crippen molar-refractivity contribution >= 4 is 5.69 Å². The zero-order valence-corrected chi connectivity index (χ0v) is 16.1. The number of unbranched alkanes of at least 4 members (excludes halogenated alkanes) is 2. The van der Waals surface area contributed by atoms with E-state index in [0.717, 1.165) is 66.6 Å². The van der Waals surface area contributed by atoms with E-state index in [4.69, 9.17) is 9.05 Å². The minimum Gasteiger partial charge on any atom is -0.385 e. The monoisotopic (exact) mass is 378 g/mol. The summed E-state index contributed by atoms with van der Waals surface area (Å²) in [7, 11) is 0. The van der Waals surface area contributed by atoms with Crippen molar-refractivity contribution in [2.24, 2.45) is 0 Å². The Bertz CT molecular complexity index is 924. The summed E-state index contributed by atoms with van der Waals surface area (Å²) < 4.78 is 10.8. The summed E-state index contributed by atoms with van der Waals surface area (Å²) in [4.78, 5) is 4.49. The number of nitrogens with zero attached hydrogens (tertiary/aromatic N) is 3. The maximum absolute atomic E-state index is 5.48. The molecule has 0 amide bonds. The molecule has 28 heavy (non-hydrogen) atoms. The number of aryl methyl sites for hydroxylation is 1. The molecule has 0 saturated heterocycles. The Kier molecular flexibility index (Phi) is 4.85. The lowest BCUT2D eigenvalue weighted by Crippen LogP contribution is -2.01. The van der Waals surface area contributed by atoms with Crippen LogP contribution < -0.4 is 5.32 Å². The number of anilines is 1. The Morgan fingerprint density at radius 1 is 0.929 bits per heavy atom. The van der Waals surface area contributed by atoms with Gasteiger partial charge in [-0.1, -0.05) is 28.9 Å². The summed E-state index contributed by atoms with van der Waals surface area (Å²) in [5, 5.41) is 11.8. The lowest BCUT2D eigenvalue weighted by molar-refractivity contribution is 0.369. The highest BCUT2D eigenvalue weighted by Gasteiger charge is 2.29.